The van der Waals surface area contributed by atoms with Gasteiger partial charge in [-0.3, -0.25) is 0 Å². The van der Waals surface area contributed by atoms with Gasteiger partial charge in [0.25, 0.3) is 0 Å². The van der Waals surface area contributed by atoms with Crippen LogP contribution < -0.4 is 5.32 Å². The summed E-state index contributed by atoms with van der Waals surface area (Å²) in [5.74, 6) is 0. The quantitative estimate of drug-likeness (QED) is 0.713. The van der Waals surface area contributed by atoms with E-state index >= 15 is 0 Å². The monoisotopic (exact) mass is 399 g/mol. The van der Waals surface area contributed by atoms with Crippen molar-refractivity contribution >= 4 is 43.6 Å². The summed E-state index contributed by atoms with van der Waals surface area (Å²) in [4.78, 5) is 2.48. The van der Waals surface area contributed by atoms with E-state index in [1.807, 2.05) is 0 Å². The summed E-state index contributed by atoms with van der Waals surface area (Å²) in [7, 11) is 0. The maximum Gasteiger partial charge on any atom is 0.0318 e. The van der Waals surface area contributed by atoms with Crippen molar-refractivity contribution in [1.82, 2.24) is 5.32 Å². The predicted octanol–water partition coefficient (Wildman–Crippen LogP) is 5.47. The fourth-order valence-electron chi connectivity index (χ4n) is 1.64. The summed E-state index contributed by atoms with van der Waals surface area (Å²) >= 11 is 8.87. The van der Waals surface area contributed by atoms with Crippen molar-refractivity contribution < 1.29 is 0 Å². The van der Waals surface area contributed by atoms with E-state index in [0.717, 1.165) is 22.0 Å². The minimum atomic E-state index is 0.915. The van der Waals surface area contributed by atoms with E-state index in [0.29, 0.717) is 0 Å². The Morgan fingerprint density at radius 1 is 1.05 bits per heavy atom. The molecule has 0 bridgehead atoms. The van der Waals surface area contributed by atoms with Gasteiger partial charge in [-0.15, -0.1) is 0 Å². The van der Waals surface area contributed by atoms with Crippen molar-refractivity contribution in [1.29, 1.82) is 0 Å². The molecule has 0 heterocycles. The Bertz CT molecular complexity index is 540. The van der Waals surface area contributed by atoms with E-state index in [9.17, 15) is 0 Å². The van der Waals surface area contributed by atoms with E-state index < -0.39 is 0 Å². The SMILES string of the molecule is CCNCc1ccc(Sc2ccc(Br)cc2)c(Br)c1. The Morgan fingerprint density at radius 3 is 2.42 bits per heavy atom. The fraction of sp³-hybridized carbons (Fsp3) is 0.200. The molecule has 0 saturated carbocycles. The normalized spacial score (nSPS) is 10.7. The number of hydrogen-bond donors (Lipinski definition) is 1. The molecule has 2 aromatic carbocycles. The number of halogens is 2. The molecule has 0 aromatic heterocycles. The van der Waals surface area contributed by atoms with Crippen molar-refractivity contribution in [3.05, 3.63) is 57.0 Å². The molecular formula is C15H15Br2NS. The highest BCUT2D eigenvalue weighted by Gasteiger charge is 2.04. The first kappa shape index (κ1) is 15.1. The molecule has 2 rings (SSSR count). The summed E-state index contributed by atoms with van der Waals surface area (Å²) in [5, 5.41) is 3.33. The summed E-state index contributed by atoms with van der Waals surface area (Å²) in [5.41, 5.74) is 1.30. The predicted molar refractivity (Wildman–Crippen MR) is 89.8 cm³/mol. The largest absolute Gasteiger partial charge is 0.313 e. The Kier molecular flexibility index (Phi) is 5.95. The Morgan fingerprint density at radius 2 is 1.79 bits per heavy atom. The van der Waals surface area contributed by atoms with Crippen LogP contribution in [0.15, 0.2) is 61.2 Å². The van der Waals surface area contributed by atoms with E-state index in [1.54, 1.807) is 11.8 Å². The number of nitrogens with one attached hydrogen (secondary N) is 1. The van der Waals surface area contributed by atoms with Gasteiger partial charge in [-0.2, -0.15) is 0 Å². The van der Waals surface area contributed by atoms with Gasteiger partial charge < -0.3 is 5.32 Å². The first-order chi connectivity index (χ1) is 9.19. The lowest BCUT2D eigenvalue weighted by Gasteiger charge is -2.08. The van der Waals surface area contributed by atoms with E-state index in [2.05, 4.69) is 86.6 Å². The maximum atomic E-state index is 3.65. The van der Waals surface area contributed by atoms with Gasteiger partial charge in [0.1, 0.15) is 0 Å². The van der Waals surface area contributed by atoms with E-state index in [4.69, 9.17) is 0 Å². The molecule has 19 heavy (non-hydrogen) atoms. The Balaban J connectivity index is 2.10. The smallest absolute Gasteiger partial charge is 0.0318 e. The van der Waals surface area contributed by atoms with Crippen molar-refractivity contribution in [3.8, 4) is 0 Å². The molecule has 0 fully saturated rings. The van der Waals surface area contributed by atoms with Crippen LogP contribution in [-0.4, -0.2) is 6.54 Å². The minimum Gasteiger partial charge on any atom is -0.313 e. The standard InChI is InChI=1S/C15H15Br2NS/c1-2-18-10-11-3-8-15(14(17)9-11)19-13-6-4-12(16)5-7-13/h3-9,18H,2,10H2,1H3. The number of hydrogen-bond acceptors (Lipinski definition) is 2. The van der Waals surface area contributed by atoms with Gasteiger partial charge in [0.05, 0.1) is 0 Å². The third kappa shape index (κ3) is 4.63. The molecule has 1 N–H and O–H groups in total. The Labute approximate surface area is 135 Å². The van der Waals surface area contributed by atoms with Gasteiger partial charge in [0.15, 0.2) is 0 Å². The molecule has 0 unspecified atom stereocenters. The first-order valence-electron chi connectivity index (χ1n) is 6.11. The van der Waals surface area contributed by atoms with Crippen LogP contribution >= 0.6 is 43.6 Å². The summed E-state index contributed by atoms with van der Waals surface area (Å²) < 4.78 is 2.26. The summed E-state index contributed by atoms with van der Waals surface area (Å²) in [6.07, 6.45) is 0. The van der Waals surface area contributed by atoms with Crippen LogP contribution in [0, 0.1) is 0 Å². The lowest BCUT2D eigenvalue weighted by atomic mass is 10.2. The highest BCUT2D eigenvalue weighted by Crippen LogP contribution is 2.34. The fourth-order valence-corrected chi connectivity index (χ4v) is 3.39. The summed E-state index contributed by atoms with van der Waals surface area (Å²) in [6.45, 7) is 4.03. The van der Waals surface area contributed by atoms with Gasteiger partial charge in [-0.25, -0.2) is 0 Å². The van der Waals surface area contributed by atoms with Crippen LogP contribution in [0.4, 0.5) is 0 Å². The molecule has 0 spiro atoms. The molecule has 2 aromatic rings. The lowest BCUT2D eigenvalue weighted by molar-refractivity contribution is 0.726. The second-order valence-electron chi connectivity index (χ2n) is 4.10. The van der Waals surface area contributed by atoms with Gasteiger partial charge in [0.2, 0.25) is 0 Å². The van der Waals surface area contributed by atoms with Crippen molar-refractivity contribution in [2.24, 2.45) is 0 Å². The summed E-state index contributed by atoms with van der Waals surface area (Å²) in [6, 6.07) is 14.9. The van der Waals surface area contributed by atoms with Crippen LogP contribution in [0.1, 0.15) is 12.5 Å². The van der Waals surface area contributed by atoms with Crippen molar-refractivity contribution in [2.75, 3.05) is 6.54 Å². The zero-order valence-corrected chi connectivity index (χ0v) is 14.6. The third-order valence-corrected chi connectivity index (χ3v) is 5.15. The third-order valence-electron chi connectivity index (χ3n) is 2.62. The molecule has 100 valence electrons. The topological polar surface area (TPSA) is 12.0 Å². The van der Waals surface area contributed by atoms with Gasteiger partial charge in [-0.05, 0) is 64.4 Å². The Hall–Kier alpha value is -0.290. The first-order valence-corrected chi connectivity index (χ1v) is 8.52. The highest BCUT2D eigenvalue weighted by atomic mass is 79.9. The number of benzene rings is 2. The van der Waals surface area contributed by atoms with Gasteiger partial charge >= 0.3 is 0 Å². The molecule has 1 nitrogen and oxygen atoms in total. The molecule has 0 atom stereocenters. The molecule has 0 amide bonds. The second-order valence-corrected chi connectivity index (χ2v) is 6.99. The molecular weight excluding hydrogens is 386 g/mol. The number of rotatable bonds is 5. The highest BCUT2D eigenvalue weighted by molar-refractivity contribution is 9.10. The van der Waals surface area contributed by atoms with Crippen molar-refractivity contribution in [3.63, 3.8) is 0 Å². The van der Waals surface area contributed by atoms with Crippen LogP contribution in [0.2, 0.25) is 0 Å². The van der Waals surface area contributed by atoms with Crippen LogP contribution in [0.3, 0.4) is 0 Å². The van der Waals surface area contributed by atoms with Crippen LogP contribution in [0.25, 0.3) is 0 Å². The van der Waals surface area contributed by atoms with E-state index in [1.165, 1.54) is 15.4 Å². The molecule has 4 heteroatoms. The molecule has 0 aliphatic heterocycles. The molecule has 0 saturated heterocycles. The van der Waals surface area contributed by atoms with Gasteiger partial charge in [0, 0.05) is 25.3 Å². The van der Waals surface area contributed by atoms with Gasteiger partial charge in [-0.1, -0.05) is 40.7 Å². The second kappa shape index (κ2) is 7.48. The van der Waals surface area contributed by atoms with Crippen LogP contribution in [-0.2, 0) is 6.54 Å². The minimum absolute atomic E-state index is 0.915. The molecule has 0 aliphatic carbocycles. The van der Waals surface area contributed by atoms with Crippen molar-refractivity contribution in [2.45, 2.75) is 23.3 Å². The molecule has 0 aliphatic rings. The average molecular weight is 401 g/mol. The lowest BCUT2D eigenvalue weighted by Crippen LogP contribution is -2.11. The zero-order chi connectivity index (χ0) is 13.7. The maximum absolute atomic E-state index is 3.65. The van der Waals surface area contributed by atoms with Crippen LogP contribution in [0.5, 0.6) is 0 Å². The molecule has 0 radical (unpaired) electrons. The van der Waals surface area contributed by atoms with E-state index in [-0.39, 0.29) is 0 Å². The average Bonchev–Trinajstić information content (AvgIpc) is 2.41. The zero-order valence-electron chi connectivity index (χ0n) is 10.6.